The summed E-state index contributed by atoms with van der Waals surface area (Å²) >= 11 is 7.31. The van der Waals surface area contributed by atoms with Crippen molar-refractivity contribution < 1.29 is 9.53 Å². The van der Waals surface area contributed by atoms with Crippen LogP contribution in [0.4, 0.5) is 0 Å². The van der Waals surface area contributed by atoms with Crippen LogP contribution in [0, 0.1) is 0 Å². The van der Waals surface area contributed by atoms with Crippen LogP contribution in [-0.2, 0) is 16.1 Å². The van der Waals surface area contributed by atoms with Gasteiger partial charge in [-0.25, -0.2) is 0 Å². The molecule has 0 saturated carbocycles. The molecule has 1 amide bonds. The molecule has 0 bridgehead atoms. The first-order chi connectivity index (χ1) is 11.7. The second-order valence-corrected chi connectivity index (χ2v) is 6.42. The molecule has 8 heteroatoms. The van der Waals surface area contributed by atoms with E-state index in [2.05, 4.69) is 15.5 Å². The largest absolute Gasteiger partial charge is 0.385 e. The Kier molecular flexibility index (Phi) is 7.55. The highest BCUT2D eigenvalue weighted by Crippen LogP contribution is 2.24. The van der Waals surface area contributed by atoms with Gasteiger partial charge in [-0.1, -0.05) is 23.4 Å². The van der Waals surface area contributed by atoms with E-state index in [-0.39, 0.29) is 5.91 Å². The zero-order chi connectivity index (χ0) is 17.4. The Hall–Kier alpha value is -1.57. The minimum atomic E-state index is -0.0187. The summed E-state index contributed by atoms with van der Waals surface area (Å²) in [5.74, 6) is 1.07. The lowest BCUT2D eigenvalue weighted by molar-refractivity contribution is -0.118. The van der Waals surface area contributed by atoms with E-state index < -0.39 is 0 Å². The number of nitrogens with zero attached hydrogens (tertiary/aromatic N) is 3. The molecule has 0 radical (unpaired) electrons. The van der Waals surface area contributed by atoms with Gasteiger partial charge in [0.15, 0.2) is 11.0 Å². The summed E-state index contributed by atoms with van der Waals surface area (Å²) in [5.41, 5.74) is 0.949. The lowest BCUT2D eigenvalue weighted by Crippen LogP contribution is -2.27. The molecule has 24 heavy (non-hydrogen) atoms. The van der Waals surface area contributed by atoms with Gasteiger partial charge in [0.1, 0.15) is 0 Å². The molecule has 0 aliphatic carbocycles. The normalized spacial score (nSPS) is 10.8. The van der Waals surface area contributed by atoms with Gasteiger partial charge in [-0.2, -0.15) is 0 Å². The zero-order valence-corrected chi connectivity index (χ0v) is 15.4. The molecular formula is C16H21ClN4O2S. The monoisotopic (exact) mass is 368 g/mol. The maximum atomic E-state index is 11.8. The third-order valence-corrected chi connectivity index (χ3v) is 4.53. The number of methoxy groups -OCH3 is 1. The van der Waals surface area contributed by atoms with Crippen molar-refractivity contribution in [2.45, 2.75) is 25.0 Å². The third kappa shape index (κ3) is 5.22. The predicted molar refractivity (Wildman–Crippen MR) is 96.4 cm³/mol. The van der Waals surface area contributed by atoms with Crippen LogP contribution in [-0.4, -0.2) is 46.7 Å². The topological polar surface area (TPSA) is 69.0 Å². The lowest BCUT2D eigenvalue weighted by atomic mass is 10.2. The lowest BCUT2D eigenvalue weighted by Gasteiger charge is -2.08. The number of nitrogens with one attached hydrogen (secondary N) is 1. The first-order valence-corrected chi connectivity index (χ1v) is 9.09. The van der Waals surface area contributed by atoms with Gasteiger partial charge in [0.25, 0.3) is 0 Å². The Balaban J connectivity index is 1.96. The van der Waals surface area contributed by atoms with Gasteiger partial charge in [-0.3, -0.25) is 4.79 Å². The van der Waals surface area contributed by atoms with Crippen LogP contribution in [0.5, 0.6) is 0 Å². The number of benzene rings is 1. The van der Waals surface area contributed by atoms with Crippen molar-refractivity contribution in [1.82, 2.24) is 20.1 Å². The average molecular weight is 369 g/mol. The Morgan fingerprint density at radius 1 is 1.33 bits per heavy atom. The van der Waals surface area contributed by atoms with Gasteiger partial charge in [-0.15, -0.1) is 10.2 Å². The molecule has 0 spiro atoms. The average Bonchev–Trinajstić information content (AvgIpc) is 3.00. The van der Waals surface area contributed by atoms with E-state index in [0.717, 1.165) is 29.5 Å². The highest BCUT2D eigenvalue weighted by atomic mass is 35.5. The molecular weight excluding hydrogens is 348 g/mol. The Morgan fingerprint density at radius 3 is 2.75 bits per heavy atom. The van der Waals surface area contributed by atoms with Crippen molar-refractivity contribution in [2.75, 3.05) is 26.0 Å². The number of carbonyl (C=O) groups excluding carboxylic acids is 1. The SMILES string of the molecule is CCn1c(SCC(=O)NCCCOC)nnc1-c1ccc(Cl)cc1. The number of amides is 1. The highest BCUT2D eigenvalue weighted by Gasteiger charge is 2.14. The number of thioether (sulfide) groups is 1. The van der Waals surface area contributed by atoms with Crippen LogP contribution in [0.3, 0.4) is 0 Å². The molecule has 0 aliphatic heterocycles. The molecule has 1 aromatic heterocycles. The molecule has 1 heterocycles. The number of carbonyl (C=O) groups is 1. The summed E-state index contributed by atoms with van der Waals surface area (Å²) in [6, 6.07) is 7.47. The highest BCUT2D eigenvalue weighted by molar-refractivity contribution is 7.99. The van der Waals surface area contributed by atoms with Crippen molar-refractivity contribution >= 4 is 29.3 Å². The number of hydrogen-bond acceptors (Lipinski definition) is 5. The van der Waals surface area contributed by atoms with Gasteiger partial charge in [0.2, 0.25) is 5.91 Å². The van der Waals surface area contributed by atoms with E-state index in [1.807, 2.05) is 35.8 Å². The van der Waals surface area contributed by atoms with Crippen LogP contribution < -0.4 is 5.32 Å². The summed E-state index contributed by atoms with van der Waals surface area (Å²) in [7, 11) is 1.65. The van der Waals surface area contributed by atoms with Gasteiger partial charge >= 0.3 is 0 Å². The van der Waals surface area contributed by atoms with Crippen molar-refractivity contribution in [1.29, 1.82) is 0 Å². The van der Waals surface area contributed by atoms with Crippen LogP contribution in [0.1, 0.15) is 13.3 Å². The fourth-order valence-electron chi connectivity index (χ4n) is 2.12. The maximum Gasteiger partial charge on any atom is 0.230 e. The summed E-state index contributed by atoms with van der Waals surface area (Å²) in [5, 5.41) is 12.7. The molecule has 1 aromatic carbocycles. The van der Waals surface area contributed by atoms with Crippen molar-refractivity contribution in [3.05, 3.63) is 29.3 Å². The van der Waals surface area contributed by atoms with E-state index in [4.69, 9.17) is 16.3 Å². The van der Waals surface area contributed by atoms with Crippen LogP contribution >= 0.6 is 23.4 Å². The van der Waals surface area contributed by atoms with Gasteiger partial charge in [0, 0.05) is 37.4 Å². The Bertz CT molecular complexity index is 661. The Morgan fingerprint density at radius 2 is 2.08 bits per heavy atom. The molecule has 2 aromatic rings. The van der Waals surface area contributed by atoms with Crippen LogP contribution in [0.25, 0.3) is 11.4 Å². The number of ether oxygens (including phenoxy) is 1. The van der Waals surface area contributed by atoms with Gasteiger partial charge in [-0.05, 0) is 37.6 Å². The second-order valence-electron chi connectivity index (χ2n) is 5.04. The summed E-state index contributed by atoms with van der Waals surface area (Å²) < 4.78 is 6.94. The van der Waals surface area contributed by atoms with E-state index >= 15 is 0 Å². The molecule has 0 saturated heterocycles. The quantitative estimate of drug-likeness (QED) is 0.544. The van der Waals surface area contributed by atoms with Gasteiger partial charge < -0.3 is 14.6 Å². The molecule has 0 fully saturated rings. The third-order valence-electron chi connectivity index (χ3n) is 3.32. The number of hydrogen-bond donors (Lipinski definition) is 1. The smallest absolute Gasteiger partial charge is 0.230 e. The number of rotatable bonds is 9. The van der Waals surface area contributed by atoms with Crippen LogP contribution in [0.2, 0.25) is 5.02 Å². The van der Waals surface area contributed by atoms with E-state index in [0.29, 0.717) is 23.9 Å². The van der Waals surface area contributed by atoms with Crippen molar-refractivity contribution in [3.63, 3.8) is 0 Å². The molecule has 6 nitrogen and oxygen atoms in total. The zero-order valence-electron chi connectivity index (χ0n) is 13.8. The molecule has 2 rings (SSSR count). The summed E-state index contributed by atoms with van der Waals surface area (Å²) in [4.78, 5) is 11.8. The minimum Gasteiger partial charge on any atom is -0.385 e. The summed E-state index contributed by atoms with van der Waals surface area (Å²) in [6.45, 7) is 4.01. The fraction of sp³-hybridized carbons (Fsp3) is 0.438. The van der Waals surface area contributed by atoms with E-state index in [1.165, 1.54) is 11.8 Å². The summed E-state index contributed by atoms with van der Waals surface area (Å²) in [6.07, 6.45) is 0.804. The second kappa shape index (κ2) is 9.66. The van der Waals surface area contributed by atoms with Gasteiger partial charge in [0.05, 0.1) is 5.75 Å². The molecule has 0 aliphatic rings. The molecule has 1 N–H and O–H groups in total. The van der Waals surface area contributed by atoms with E-state index in [1.54, 1.807) is 7.11 Å². The first kappa shape index (κ1) is 18.8. The van der Waals surface area contributed by atoms with Crippen LogP contribution in [0.15, 0.2) is 29.4 Å². The molecule has 130 valence electrons. The maximum absolute atomic E-state index is 11.8. The van der Waals surface area contributed by atoms with E-state index in [9.17, 15) is 4.79 Å². The number of halogens is 1. The van der Waals surface area contributed by atoms with Crippen molar-refractivity contribution in [2.24, 2.45) is 0 Å². The Labute approximate surface area is 150 Å². The molecule has 0 unspecified atom stereocenters. The number of aromatic nitrogens is 3. The minimum absolute atomic E-state index is 0.0187. The van der Waals surface area contributed by atoms with Crippen molar-refractivity contribution in [3.8, 4) is 11.4 Å². The fourth-order valence-corrected chi connectivity index (χ4v) is 3.08. The predicted octanol–water partition coefficient (Wildman–Crippen LogP) is 2.86. The molecule has 0 atom stereocenters. The first-order valence-electron chi connectivity index (χ1n) is 7.73. The standard InChI is InChI=1S/C16H21ClN4O2S/c1-3-21-15(12-5-7-13(17)8-6-12)19-20-16(21)24-11-14(22)18-9-4-10-23-2/h5-8H,3-4,9-11H2,1-2H3,(H,18,22).